The van der Waals surface area contributed by atoms with Gasteiger partial charge in [-0.1, -0.05) is 0 Å². The number of rotatable bonds is 4. The van der Waals surface area contributed by atoms with E-state index >= 15 is 0 Å². The number of hydrogen-bond donors (Lipinski definition) is 3. The average Bonchev–Trinajstić information content (AvgIpc) is 3.26. The predicted octanol–water partition coefficient (Wildman–Crippen LogP) is 1.12. The van der Waals surface area contributed by atoms with Gasteiger partial charge in [-0.05, 0) is 43.8 Å². The smallest absolute Gasteiger partial charge is 0.255 e. The molecule has 0 saturated carbocycles. The fraction of sp³-hybridized carbons (Fsp3) is 0.550. The highest BCUT2D eigenvalue weighted by atomic mass is 16.3. The van der Waals surface area contributed by atoms with E-state index in [9.17, 15) is 9.90 Å². The fourth-order valence-corrected chi connectivity index (χ4v) is 4.71. The number of anilines is 1. The van der Waals surface area contributed by atoms with Gasteiger partial charge in [0.25, 0.3) is 5.91 Å². The van der Waals surface area contributed by atoms with Crippen molar-refractivity contribution < 1.29 is 9.90 Å². The van der Waals surface area contributed by atoms with Gasteiger partial charge >= 0.3 is 0 Å². The van der Waals surface area contributed by atoms with Gasteiger partial charge in [0.15, 0.2) is 0 Å². The lowest BCUT2D eigenvalue weighted by atomic mass is 9.64. The summed E-state index contributed by atoms with van der Waals surface area (Å²) in [6.45, 7) is 4.29. The normalized spacial score (nSPS) is 22.5. The molecule has 2 aliphatic rings. The summed E-state index contributed by atoms with van der Waals surface area (Å²) in [7, 11) is 0. The molecule has 150 valence electrons. The summed E-state index contributed by atoms with van der Waals surface area (Å²) in [4.78, 5) is 28.0. The third-order valence-electron chi connectivity index (χ3n) is 6.52. The Labute approximate surface area is 164 Å². The van der Waals surface area contributed by atoms with E-state index in [0.29, 0.717) is 18.1 Å². The highest BCUT2D eigenvalue weighted by Gasteiger charge is 2.45. The maximum atomic E-state index is 12.7. The van der Waals surface area contributed by atoms with E-state index in [1.807, 2.05) is 4.90 Å². The van der Waals surface area contributed by atoms with Crippen molar-refractivity contribution in [2.24, 2.45) is 11.3 Å². The van der Waals surface area contributed by atoms with Crippen LogP contribution in [0, 0.1) is 11.3 Å². The molecule has 28 heavy (non-hydrogen) atoms. The Morgan fingerprint density at radius 1 is 1.25 bits per heavy atom. The van der Waals surface area contributed by atoms with Crippen molar-refractivity contribution in [1.29, 1.82) is 0 Å². The second-order valence-corrected chi connectivity index (χ2v) is 8.07. The molecule has 2 aromatic rings. The van der Waals surface area contributed by atoms with Crippen molar-refractivity contribution in [3.8, 4) is 0 Å². The van der Waals surface area contributed by atoms with Crippen molar-refractivity contribution in [2.75, 3.05) is 38.5 Å². The summed E-state index contributed by atoms with van der Waals surface area (Å²) >= 11 is 0. The van der Waals surface area contributed by atoms with Crippen molar-refractivity contribution in [2.45, 2.75) is 25.8 Å². The van der Waals surface area contributed by atoms with Gasteiger partial charge in [0, 0.05) is 62.5 Å². The first-order valence-corrected chi connectivity index (χ1v) is 9.91. The molecule has 2 aliphatic heterocycles. The first kappa shape index (κ1) is 18.9. The van der Waals surface area contributed by atoms with Crippen LogP contribution in [0.4, 0.5) is 5.95 Å². The lowest BCUT2D eigenvalue weighted by Crippen LogP contribution is -2.54. The highest BCUT2D eigenvalue weighted by Crippen LogP contribution is 2.45. The van der Waals surface area contributed by atoms with E-state index in [2.05, 4.69) is 19.9 Å². The molecule has 0 radical (unpaired) electrons. The van der Waals surface area contributed by atoms with Gasteiger partial charge in [0.1, 0.15) is 0 Å². The van der Waals surface area contributed by atoms with Crippen LogP contribution in [0.5, 0.6) is 0 Å². The first-order valence-electron chi connectivity index (χ1n) is 9.91. The molecule has 4 N–H and O–H groups in total. The quantitative estimate of drug-likeness (QED) is 0.728. The number of carbonyl (C=O) groups is 1. The molecule has 0 aliphatic carbocycles. The number of amides is 1. The second kappa shape index (κ2) is 7.89. The van der Waals surface area contributed by atoms with Crippen molar-refractivity contribution in [3.63, 3.8) is 0 Å². The standard InChI is InChI=1S/C20H28N6O2/c21-19-23-9-15(10-24-19)12-25-6-2-20(3-7-25)4-8-26(13-17(20)14-27)18(28)16-1-5-22-11-16/h1,5,9-11,17,22,27H,2-4,6-8,12-14H2,(H2,21,23,24). The Kier molecular flexibility index (Phi) is 5.32. The van der Waals surface area contributed by atoms with E-state index < -0.39 is 0 Å². The molecule has 2 saturated heterocycles. The van der Waals surface area contributed by atoms with Crippen LogP contribution in [-0.2, 0) is 6.54 Å². The largest absolute Gasteiger partial charge is 0.396 e. The van der Waals surface area contributed by atoms with Gasteiger partial charge < -0.3 is 20.7 Å². The molecular formula is C20H28N6O2. The van der Waals surface area contributed by atoms with Gasteiger partial charge in [-0.25, -0.2) is 9.97 Å². The first-order chi connectivity index (χ1) is 13.6. The molecule has 4 rings (SSSR count). The van der Waals surface area contributed by atoms with Crippen LogP contribution in [0.15, 0.2) is 30.9 Å². The molecule has 0 aromatic carbocycles. The minimum Gasteiger partial charge on any atom is -0.396 e. The number of piperidine rings is 2. The van der Waals surface area contributed by atoms with Crippen molar-refractivity contribution in [1.82, 2.24) is 24.8 Å². The number of nitrogen functional groups attached to an aromatic ring is 1. The number of carbonyl (C=O) groups excluding carboxylic acids is 1. The maximum Gasteiger partial charge on any atom is 0.255 e. The zero-order valence-electron chi connectivity index (χ0n) is 16.0. The Hall–Kier alpha value is -2.45. The molecule has 4 heterocycles. The van der Waals surface area contributed by atoms with Gasteiger partial charge in [-0.3, -0.25) is 9.69 Å². The van der Waals surface area contributed by atoms with E-state index in [4.69, 9.17) is 5.73 Å². The van der Waals surface area contributed by atoms with Crippen LogP contribution in [0.1, 0.15) is 35.2 Å². The fourth-order valence-electron chi connectivity index (χ4n) is 4.71. The topological polar surface area (TPSA) is 111 Å². The number of aromatic nitrogens is 3. The molecule has 2 aromatic heterocycles. The van der Waals surface area contributed by atoms with E-state index in [1.165, 1.54) is 0 Å². The number of hydrogen-bond acceptors (Lipinski definition) is 6. The average molecular weight is 384 g/mol. The number of aromatic amines is 1. The maximum absolute atomic E-state index is 12.7. The van der Waals surface area contributed by atoms with Crippen LogP contribution in [-0.4, -0.2) is 68.6 Å². The molecule has 1 atom stereocenters. The molecule has 0 bridgehead atoms. The lowest BCUT2D eigenvalue weighted by molar-refractivity contribution is -0.0365. The zero-order valence-corrected chi connectivity index (χ0v) is 16.0. The van der Waals surface area contributed by atoms with Gasteiger partial charge in [-0.15, -0.1) is 0 Å². The number of aliphatic hydroxyl groups is 1. The third-order valence-corrected chi connectivity index (χ3v) is 6.52. The third kappa shape index (κ3) is 3.74. The summed E-state index contributed by atoms with van der Waals surface area (Å²) < 4.78 is 0. The van der Waals surface area contributed by atoms with Crippen molar-refractivity contribution >= 4 is 11.9 Å². The van der Waals surface area contributed by atoms with E-state index in [-0.39, 0.29) is 23.8 Å². The minimum absolute atomic E-state index is 0.0512. The van der Waals surface area contributed by atoms with Crippen LogP contribution in [0.3, 0.4) is 0 Å². The minimum atomic E-state index is 0.0512. The second-order valence-electron chi connectivity index (χ2n) is 8.07. The van der Waals surface area contributed by atoms with Crippen LogP contribution in [0.2, 0.25) is 0 Å². The van der Waals surface area contributed by atoms with Crippen LogP contribution >= 0.6 is 0 Å². The van der Waals surface area contributed by atoms with Gasteiger partial charge in [0.05, 0.1) is 5.56 Å². The Bertz CT molecular complexity index is 784. The highest BCUT2D eigenvalue weighted by molar-refractivity contribution is 5.94. The summed E-state index contributed by atoms with van der Waals surface area (Å²) in [5.74, 6) is 0.481. The monoisotopic (exact) mass is 384 g/mol. The van der Waals surface area contributed by atoms with E-state index in [0.717, 1.165) is 51.0 Å². The molecule has 2 fully saturated rings. The predicted molar refractivity (Wildman–Crippen MR) is 105 cm³/mol. The molecule has 1 unspecified atom stereocenters. The van der Waals surface area contributed by atoms with Crippen LogP contribution < -0.4 is 5.73 Å². The SMILES string of the molecule is Nc1ncc(CN2CCC3(CC2)CCN(C(=O)c2cc[nH]c2)CC3CO)cn1. The Balaban J connectivity index is 1.36. The number of nitrogens with two attached hydrogens (primary N) is 1. The number of nitrogens with zero attached hydrogens (tertiary/aromatic N) is 4. The molecule has 1 spiro atoms. The summed E-state index contributed by atoms with van der Waals surface area (Å²) in [5.41, 5.74) is 7.43. The van der Waals surface area contributed by atoms with E-state index in [1.54, 1.807) is 30.9 Å². The molecular weight excluding hydrogens is 356 g/mol. The summed E-state index contributed by atoms with van der Waals surface area (Å²) in [6.07, 6.45) is 10.1. The molecule has 1 amide bonds. The molecule has 8 nitrogen and oxygen atoms in total. The van der Waals surface area contributed by atoms with Gasteiger partial charge in [-0.2, -0.15) is 0 Å². The zero-order chi connectivity index (χ0) is 19.6. The number of H-pyrrole nitrogens is 1. The number of likely N-dealkylation sites (tertiary alicyclic amines) is 2. The lowest BCUT2D eigenvalue weighted by Gasteiger charge is -2.51. The van der Waals surface area contributed by atoms with Crippen LogP contribution in [0.25, 0.3) is 0 Å². The number of aliphatic hydroxyl groups excluding tert-OH is 1. The molecule has 8 heteroatoms. The Morgan fingerprint density at radius 3 is 2.61 bits per heavy atom. The summed E-state index contributed by atoms with van der Waals surface area (Å²) in [5, 5.41) is 10.1. The Morgan fingerprint density at radius 2 is 1.96 bits per heavy atom. The van der Waals surface area contributed by atoms with Gasteiger partial charge in [0.2, 0.25) is 5.95 Å². The number of nitrogens with one attached hydrogen (secondary N) is 1. The summed E-state index contributed by atoms with van der Waals surface area (Å²) in [6, 6.07) is 1.81. The van der Waals surface area contributed by atoms with Crippen molar-refractivity contribution in [3.05, 3.63) is 42.0 Å².